The van der Waals surface area contributed by atoms with Gasteiger partial charge in [0.25, 0.3) is 0 Å². The molecule has 2 heterocycles. The molecule has 0 amide bonds. The third kappa shape index (κ3) is 3.93. The normalized spacial score (nSPS) is 12.7. The number of esters is 1. The van der Waals surface area contributed by atoms with Crippen LogP contribution in [0.5, 0.6) is 0 Å². The van der Waals surface area contributed by atoms with E-state index in [9.17, 15) is 4.79 Å². The minimum Gasteiger partial charge on any atom is -0.468 e. The molecule has 0 radical (unpaired) electrons. The van der Waals surface area contributed by atoms with Gasteiger partial charge in [0.15, 0.2) is 0 Å². The van der Waals surface area contributed by atoms with Gasteiger partial charge in [0, 0.05) is 4.88 Å². The number of aromatic nitrogens is 3. The first-order chi connectivity index (χ1) is 9.19. The van der Waals surface area contributed by atoms with Crippen molar-refractivity contribution in [1.29, 1.82) is 0 Å². The Morgan fingerprint density at radius 3 is 3.11 bits per heavy atom. The summed E-state index contributed by atoms with van der Waals surface area (Å²) in [6.45, 7) is 1.76. The van der Waals surface area contributed by atoms with Crippen LogP contribution in [0.4, 0.5) is 0 Å². The molecule has 5 nitrogen and oxygen atoms in total. The lowest BCUT2D eigenvalue weighted by Crippen LogP contribution is -2.14. The average Bonchev–Trinajstić information content (AvgIpc) is 3.06. The van der Waals surface area contributed by atoms with Gasteiger partial charge in [-0.15, -0.1) is 16.4 Å². The van der Waals surface area contributed by atoms with E-state index in [0.717, 1.165) is 4.88 Å². The Balaban J connectivity index is 1.97. The Morgan fingerprint density at radius 2 is 2.42 bits per heavy atom. The van der Waals surface area contributed by atoms with Crippen LogP contribution >= 0.6 is 23.1 Å². The van der Waals surface area contributed by atoms with Crippen molar-refractivity contribution in [3.05, 3.63) is 28.2 Å². The van der Waals surface area contributed by atoms with E-state index in [0.29, 0.717) is 11.0 Å². The Kier molecular flexibility index (Phi) is 4.75. The van der Waals surface area contributed by atoms with Crippen LogP contribution in [-0.2, 0) is 9.53 Å². The summed E-state index contributed by atoms with van der Waals surface area (Å²) in [5.41, 5.74) is 0. The molecule has 1 N–H and O–H groups in total. The summed E-state index contributed by atoms with van der Waals surface area (Å²) < 4.78 is 4.65. The van der Waals surface area contributed by atoms with Crippen LogP contribution in [0.1, 0.15) is 17.6 Å². The molecule has 0 bridgehead atoms. The lowest BCUT2D eigenvalue weighted by Gasteiger charge is -2.04. The van der Waals surface area contributed by atoms with Crippen LogP contribution in [-0.4, -0.2) is 33.5 Å². The average molecular weight is 295 g/mol. The number of ether oxygens (including phenoxy) is 1. The number of H-pyrrole nitrogens is 1. The van der Waals surface area contributed by atoms with Gasteiger partial charge >= 0.3 is 5.97 Å². The summed E-state index contributed by atoms with van der Waals surface area (Å²) >= 11 is 2.91. The Hall–Kier alpha value is -1.60. The molecule has 100 valence electrons. The van der Waals surface area contributed by atoms with Crippen molar-refractivity contribution in [3.8, 4) is 0 Å². The van der Waals surface area contributed by atoms with Crippen LogP contribution in [0.15, 0.2) is 22.7 Å². The monoisotopic (exact) mass is 295 g/mol. The fraction of sp³-hybridized carbons (Fsp3) is 0.250. The zero-order chi connectivity index (χ0) is 13.7. The third-order valence-electron chi connectivity index (χ3n) is 2.25. The number of carbonyl (C=O) groups excluding carboxylic acids is 1. The largest absolute Gasteiger partial charge is 0.468 e. The molecule has 0 fully saturated rings. The van der Waals surface area contributed by atoms with E-state index in [2.05, 4.69) is 19.9 Å². The van der Waals surface area contributed by atoms with Crippen LogP contribution in [0.3, 0.4) is 0 Å². The number of thioether (sulfide) groups is 1. The van der Waals surface area contributed by atoms with E-state index >= 15 is 0 Å². The second kappa shape index (κ2) is 6.53. The van der Waals surface area contributed by atoms with Crippen LogP contribution < -0.4 is 0 Å². The highest BCUT2D eigenvalue weighted by molar-refractivity contribution is 8.00. The maximum absolute atomic E-state index is 11.3. The molecule has 2 rings (SSSR count). The molecule has 19 heavy (non-hydrogen) atoms. The molecule has 7 heteroatoms. The predicted octanol–water partition coefficient (Wildman–Crippen LogP) is 2.69. The minimum absolute atomic E-state index is 0.287. The SMILES string of the molecule is COC(=O)C(C)Sc1n[nH]c(/C=C/c2cccs2)n1. The standard InChI is InChI=1S/C12H13N3O2S2/c1-8(11(16)17-2)19-12-13-10(14-15-12)6-5-9-4-3-7-18-9/h3-8H,1-2H3,(H,13,14,15)/b6-5+. The molecule has 0 aromatic carbocycles. The number of rotatable bonds is 5. The van der Waals surface area contributed by atoms with Crippen molar-refractivity contribution in [2.75, 3.05) is 7.11 Å². The maximum atomic E-state index is 11.3. The predicted molar refractivity (Wildman–Crippen MR) is 77.0 cm³/mol. The van der Waals surface area contributed by atoms with E-state index in [1.54, 1.807) is 18.3 Å². The summed E-state index contributed by atoms with van der Waals surface area (Å²) in [4.78, 5) is 16.7. The molecule has 0 saturated heterocycles. The van der Waals surface area contributed by atoms with Gasteiger partial charge in [-0.2, -0.15) is 0 Å². The highest BCUT2D eigenvalue weighted by Gasteiger charge is 2.16. The smallest absolute Gasteiger partial charge is 0.318 e. The molecule has 1 unspecified atom stereocenters. The number of nitrogens with zero attached hydrogens (tertiary/aromatic N) is 2. The fourth-order valence-corrected chi connectivity index (χ4v) is 2.68. The molecule has 0 aliphatic rings. The molecule has 0 aliphatic carbocycles. The van der Waals surface area contributed by atoms with Crippen molar-refractivity contribution in [2.45, 2.75) is 17.3 Å². The molecule has 2 aromatic rings. The second-order valence-electron chi connectivity index (χ2n) is 3.64. The summed E-state index contributed by atoms with van der Waals surface area (Å²) in [5, 5.41) is 9.08. The first kappa shape index (κ1) is 13.8. The molecule has 0 saturated carbocycles. The number of methoxy groups -OCH3 is 1. The highest BCUT2D eigenvalue weighted by atomic mass is 32.2. The zero-order valence-electron chi connectivity index (χ0n) is 10.5. The lowest BCUT2D eigenvalue weighted by molar-refractivity contribution is -0.139. The maximum Gasteiger partial charge on any atom is 0.318 e. The topological polar surface area (TPSA) is 67.9 Å². The second-order valence-corrected chi connectivity index (χ2v) is 5.92. The number of carbonyl (C=O) groups is 1. The fourth-order valence-electron chi connectivity index (χ4n) is 1.30. The Bertz CT molecular complexity index is 563. The van der Waals surface area contributed by atoms with Gasteiger partial charge in [0.05, 0.1) is 7.11 Å². The molecule has 1 atom stereocenters. The van der Waals surface area contributed by atoms with Gasteiger partial charge in [-0.1, -0.05) is 17.8 Å². The van der Waals surface area contributed by atoms with E-state index in [4.69, 9.17) is 0 Å². The van der Waals surface area contributed by atoms with Crippen LogP contribution in [0.25, 0.3) is 12.2 Å². The van der Waals surface area contributed by atoms with Crippen LogP contribution in [0.2, 0.25) is 0 Å². The van der Waals surface area contributed by atoms with Crippen LogP contribution in [0, 0.1) is 0 Å². The Labute approximate surface area is 119 Å². The minimum atomic E-state index is -0.324. The number of hydrogen-bond acceptors (Lipinski definition) is 6. The van der Waals surface area contributed by atoms with Crippen molar-refractivity contribution < 1.29 is 9.53 Å². The van der Waals surface area contributed by atoms with Gasteiger partial charge in [-0.05, 0) is 30.5 Å². The van der Waals surface area contributed by atoms with Gasteiger partial charge < -0.3 is 4.74 Å². The number of hydrogen-bond donors (Lipinski definition) is 1. The number of thiophene rings is 1. The van der Waals surface area contributed by atoms with E-state index in [-0.39, 0.29) is 11.2 Å². The molecular formula is C12H13N3O2S2. The quantitative estimate of drug-likeness (QED) is 0.678. The van der Waals surface area contributed by atoms with Crippen molar-refractivity contribution in [3.63, 3.8) is 0 Å². The molecule has 0 aliphatic heterocycles. The summed E-state index contributed by atoms with van der Waals surface area (Å²) in [6.07, 6.45) is 3.81. The number of nitrogens with one attached hydrogen (secondary N) is 1. The first-order valence-corrected chi connectivity index (χ1v) is 7.33. The van der Waals surface area contributed by atoms with Crippen molar-refractivity contribution >= 4 is 41.2 Å². The summed E-state index contributed by atoms with van der Waals surface area (Å²) in [7, 11) is 1.37. The lowest BCUT2D eigenvalue weighted by atomic mass is 10.4. The molecule has 0 spiro atoms. The molecule has 2 aromatic heterocycles. The van der Waals surface area contributed by atoms with E-state index in [1.165, 1.54) is 18.9 Å². The van der Waals surface area contributed by atoms with Gasteiger partial charge in [-0.3, -0.25) is 9.89 Å². The van der Waals surface area contributed by atoms with Crippen molar-refractivity contribution in [1.82, 2.24) is 15.2 Å². The molecular weight excluding hydrogens is 282 g/mol. The highest BCUT2D eigenvalue weighted by Crippen LogP contribution is 2.20. The first-order valence-electron chi connectivity index (χ1n) is 5.57. The van der Waals surface area contributed by atoms with E-state index in [1.807, 2.05) is 29.7 Å². The zero-order valence-corrected chi connectivity index (χ0v) is 12.1. The van der Waals surface area contributed by atoms with E-state index < -0.39 is 0 Å². The van der Waals surface area contributed by atoms with Gasteiger partial charge in [0.2, 0.25) is 5.16 Å². The summed E-state index contributed by atoms with van der Waals surface area (Å²) in [5.74, 6) is 0.374. The Morgan fingerprint density at radius 1 is 1.58 bits per heavy atom. The number of aromatic amines is 1. The summed E-state index contributed by atoms with van der Waals surface area (Å²) in [6, 6.07) is 4.01. The van der Waals surface area contributed by atoms with Gasteiger partial charge in [-0.25, -0.2) is 4.98 Å². The third-order valence-corrected chi connectivity index (χ3v) is 4.02. The van der Waals surface area contributed by atoms with Crippen molar-refractivity contribution in [2.24, 2.45) is 0 Å². The van der Waals surface area contributed by atoms with Gasteiger partial charge in [0.1, 0.15) is 11.1 Å².